The molecule has 0 unspecified atom stereocenters. The third-order valence-corrected chi connectivity index (χ3v) is 3.16. The van der Waals surface area contributed by atoms with Gasteiger partial charge in [0.2, 0.25) is 0 Å². The summed E-state index contributed by atoms with van der Waals surface area (Å²) in [6.07, 6.45) is 0.0773. The van der Waals surface area contributed by atoms with Crippen LogP contribution in [0.5, 0.6) is 0 Å². The molecule has 0 spiro atoms. The van der Waals surface area contributed by atoms with Crippen molar-refractivity contribution in [2.45, 2.75) is 20.3 Å². The molecule has 19 heavy (non-hydrogen) atoms. The number of carbonyl (C=O) groups excluding carboxylic acids is 1. The van der Waals surface area contributed by atoms with Crippen molar-refractivity contribution in [2.24, 2.45) is 0 Å². The molecule has 0 N–H and O–H groups in total. The molecular formula is C16H14F2O. The van der Waals surface area contributed by atoms with Crippen molar-refractivity contribution >= 4 is 5.78 Å². The highest BCUT2D eigenvalue weighted by Gasteiger charge is 2.12. The average molecular weight is 260 g/mol. The van der Waals surface area contributed by atoms with Crippen LogP contribution >= 0.6 is 0 Å². The monoisotopic (exact) mass is 260 g/mol. The molecule has 0 atom stereocenters. The molecule has 0 bridgehead atoms. The summed E-state index contributed by atoms with van der Waals surface area (Å²) in [6.45, 7) is 3.57. The van der Waals surface area contributed by atoms with Crippen LogP contribution in [-0.2, 0) is 6.42 Å². The third-order valence-electron chi connectivity index (χ3n) is 3.16. The van der Waals surface area contributed by atoms with Gasteiger partial charge in [-0.25, -0.2) is 8.78 Å². The van der Waals surface area contributed by atoms with E-state index in [4.69, 9.17) is 0 Å². The maximum absolute atomic E-state index is 13.2. The normalized spacial score (nSPS) is 10.5. The fourth-order valence-corrected chi connectivity index (χ4v) is 1.99. The second-order valence-corrected chi connectivity index (χ2v) is 4.63. The number of aryl methyl sites for hydroxylation is 2. The summed E-state index contributed by atoms with van der Waals surface area (Å²) in [5.74, 6) is -1.01. The van der Waals surface area contributed by atoms with Crippen molar-refractivity contribution in [3.05, 3.63) is 70.3 Å². The Hall–Kier alpha value is -2.03. The van der Waals surface area contributed by atoms with E-state index >= 15 is 0 Å². The Labute approximate surface area is 110 Å². The zero-order valence-electron chi connectivity index (χ0n) is 10.8. The van der Waals surface area contributed by atoms with Gasteiger partial charge in [-0.15, -0.1) is 0 Å². The first kappa shape index (κ1) is 13.4. The Bertz CT molecular complexity index is 633. The fourth-order valence-electron chi connectivity index (χ4n) is 1.99. The molecule has 0 radical (unpaired) electrons. The minimum Gasteiger partial charge on any atom is -0.294 e. The second kappa shape index (κ2) is 5.31. The quantitative estimate of drug-likeness (QED) is 0.762. The van der Waals surface area contributed by atoms with Crippen LogP contribution in [0.1, 0.15) is 27.0 Å². The van der Waals surface area contributed by atoms with E-state index in [1.165, 1.54) is 24.3 Å². The van der Waals surface area contributed by atoms with Gasteiger partial charge in [0.15, 0.2) is 5.78 Å². The lowest BCUT2D eigenvalue weighted by molar-refractivity contribution is 0.0991. The van der Waals surface area contributed by atoms with E-state index in [0.717, 1.165) is 11.1 Å². The van der Waals surface area contributed by atoms with Crippen molar-refractivity contribution in [3.63, 3.8) is 0 Å². The Morgan fingerprint density at radius 3 is 2.21 bits per heavy atom. The third kappa shape index (κ3) is 3.05. The van der Waals surface area contributed by atoms with Crippen LogP contribution in [0.25, 0.3) is 0 Å². The van der Waals surface area contributed by atoms with Gasteiger partial charge >= 0.3 is 0 Å². The molecule has 98 valence electrons. The van der Waals surface area contributed by atoms with Gasteiger partial charge in [0.1, 0.15) is 11.6 Å². The molecule has 3 heteroatoms. The fraction of sp³-hybridized carbons (Fsp3) is 0.188. The molecule has 0 saturated heterocycles. The number of hydrogen-bond donors (Lipinski definition) is 0. The first-order chi connectivity index (χ1) is 8.97. The summed E-state index contributed by atoms with van der Waals surface area (Å²) in [6, 6.07) is 8.46. The Balaban J connectivity index is 2.30. The first-order valence-corrected chi connectivity index (χ1v) is 6.02. The smallest absolute Gasteiger partial charge is 0.167 e. The lowest BCUT2D eigenvalue weighted by Gasteiger charge is -2.08. The Kier molecular flexibility index (Phi) is 3.74. The summed E-state index contributed by atoms with van der Waals surface area (Å²) in [7, 11) is 0. The van der Waals surface area contributed by atoms with Gasteiger partial charge in [0.05, 0.1) is 0 Å². The first-order valence-electron chi connectivity index (χ1n) is 6.02. The molecule has 0 saturated carbocycles. The predicted molar refractivity (Wildman–Crippen MR) is 70.3 cm³/mol. The molecule has 2 rings (SSSR count). The Morgan fingerprint density at radius 2 is 1.53 bits per heavy atom. The van der Waals surface area contributed by atoms with Crippen molar-refractivity contribution in [2.75, 3.05) is 0 Å². The maximum atomic E-state index is 13.2. The summed E-state index contributed by atoms with van der Waals surface area (Å²) >= 11 is 0. The van der Waals surface area contributed by atoms with Crippen LogP contribution in [0.4, 0.5) is 8.78 Å². The van der Waals surface area contributed by atoms with Crippen LogP contribution in [0.2, 0.25) is 0 Å². The van der Waals surface area contributed by atoms with Crippen LogP contribution in [-0.4, -0.2) is 5.78 Å². The highest BCUT2D eigenvalue weighted by atomic mass is 19.1. The minimum absolute atomic E-state index is 0.0773. The number of halogens is 2. The molecule has 0 fully saturated rings. The van der Waals surface area contributed by atoms with Gasteiger partial charge in [0.25, 0.3) is 0 Å². The maximum Gasteiger partial charge on any atom is 0.167 e. The molecular weight excluding hydrogens is 246 g/mol. The molecule has 2 aromatic carbocycles. The summed E-state index contributed by atoms with van der Waals surface area (Å²) in [5, 5.41) is 0. The van der Waals surface area contributed by atoms with Gasteiger partial charge < -0.3 is 0 Å². The standard InChI is InChI=1S/C16H14F2O/c1-10-3-5-13(17)7-12(10)8-16(19)15-9-14(18)6-4-11(15)2/h3-7,9H,8H2,1-2H3. The lowest BCUT2D eigenvalue weighted by Crippen LogP contribution is -2.07. The van der Waals surface area contributed by atoms with Gasteiger partial charge in [-0.1, -0.05) is 12.1 Å². The molecule has 0 heterocycles. The number of Topliss-reactive ketones (excluding diaryl/α,β-unsaturated/α-hetero) is 1. The Morgan fingerprint density at radius 1 is 0.947 bits per heavy atom. The van der Waals surface area contributed by atoms with E-state index in [1.54, 1.807) is 19.1 Å². The topological polar surface area (TPSA) is 17.1 Å². The number of benzene rings is 2. The molecule has 0 amide bonds. The molecule has 2 aromatic rings. The van der Waals surface area contributed by atoms with Crippen molar-refractivity contribution < 1.29 is 13.6 Å². The zero-order valence-corrected chi connectivity index (χ0v) is 10.8. The largest absolute Gasteiger partial charge is 0.294 e. The lowest BCUT2D eigenvalue weighted by atomic mass is 9.97. The van der Waals surface area contributed by atoms with E-state index in [2.05, 4.69) is 0 Å². The van der Waals surface area contributed by atoms with Gasteiger partial charge in [-0.2, -0.15) is 0 Å². The van der Waals surface area contributed by atoms with E-state index in [-0.39, 0.29) is 18.0 Å². The van der Waals surface area contributed by atoms with Crippen molar-refractivity contribution in [1.82, 2.24) is 0 Å². The number of hydrogen-bond acceptors (Lipinski definition) is 1. The molecule has 1 nitrogen and oxygen atoms in total. The number of rotatable bonds is 3. The van der Waals surface area contributed by atoms with Crippen LogP contribution in [0.15, 0.2) is 36.4 Å². The highest BCUT2D eigenvalue weighted by Crippen LogP contribution is 2.16. The van der Waals surface area contributed by atoms with E-state index in [9.17, 15) is 13.6 Å². The van der Waals surface area contributed by atoms with Crippen LogP contribution < -0.4 is 0 Å². The SMILES string of the molecule is Cc1ccc(F)cc1CC(=O)c1cc(F)ccc1C. The van der Waals surface area contributed by atoms with E-state index in [1.807, 2.05) is 6.92 Å². The molecule has 0 aromatic heterocycles. The van der Waals surface area contributed by atoms with Crippen LogP contribution in [0, 0.1) is 25.5 Å². The number of carbonyl (C=O) groups is 1. The van der Waals surface area contributed by atoms with E-state index < -0.39 is 5.82 Å². The molecule has 0 aliphatic rings. The number of ketones is 1. The molecule has 0 aliphatic carbocycles. The highest BCUT2D eigenvalue weighted by molar-refractivity contribution is 5.98. The molecule has 0 aliphatic heterocycles. The zero-order chi connectivity index (χ0) is 14.0. The van der Waals surface area contributed by atoms with Gasteiger partial charge in [0, 0.05) is 12.0 Å². The average Bonchev–Trinajstić information content (AvgIpc) is 2.36. The van der Waals surface area contributed by atoms with Crippen molar-refractivity contribution in [1.29, 1.82) is 0 Å². The van der Waals surface area contributed by atoms with Gasteiger partial charge in [-0.05, 0) is 54.8 Å². The van der Waals surface area contributed by atoms with Crippen molar-refractivity contribution in [3.8, 4) is 0 Å². The predicted octanol–water partition coefficient (Wildman–Crippen LogP) is 4.01. The van der Waals surface area contributed by atoms with Gasteiger partial charge in [-0.3, -0.25) is 4.79 Å². The second-order valence-electron chi connectivity index (χ2n) is 4.63. The van der Waals surface area contributed by atoms with Crippen LogP contribution in [0.3, 0.4) is 0 Å². The summed E-state index contributed by atoms with van der Waals surface area (Å²) in [4.78, 5) is 12.2. The minimum atomic E-state index is -0.440. The summed E-state index contributed by atoms with van der Waals surface area (Å²) < 4.78 is 26.3. The van der Waals surface area contributed by atoms with E-state index in [0.29, 0.717) is 11.1 Å². The summed E-state index contributed by atoms with van der Waals surface area (Å²) in [5.41, 5.74) is 2.56.